The maximum atomic E-state index is 12.3. The lowest BCUT2D eigenvalue weighted by molar-refractivity contribution is -0.149. The molecule has 1 aliphatic heterocycles. The minimum absolute atomic E-state index is 0.0583. The second-order valence-electron chi connectivity index (χ2n) is 8.31. The normalized spacial score (nSPS) is 38.6. The largest absolute Gasteiger partial charge is 0.449 e. The van der Waals surface area contributed by atoms with Crippen LogP contribution < -0.4 is 5.32 Å². The first-order chi connectivity index (χ1) is 12.0. The van der Waals surface area contributed by atoms with Gasteiger partial charge in [-0.15, -0.1) is 6.58 Å². The van der Waals surface area contributed by atoms with E-state index in [1.807, 2.05) is 6.08 Å². The number of rotatable bonds is 4. The Hall–Kier alpha value is -1.29. The van der Waals surface area contributed by atoms with Crippen molar-refractivity contribution < 1.29 is 14.3 Å². The quantitative estimate of drug-likeness (QED) is 0.764. The van der Waals surface area contributed by atoms with E-state index in [1.165, 1.54) is 24.8 Å². The van der Waals surface area contributed by atoms with Crippen molar-refractivity contribution in [2.45, 2.75) is 65.0 Å². The van der Waals surface area contributed by atoms with E-state index in [-0.39, 0.29) is 23.7 Å². The number of carbonyl (C=O) groups excluding carboxylic acids is 1. The molecule has 0 radical (unpaired) electrons. The topological polar surface area (TPSA) is 47.6 Å². The zero-order valence-electron chi connectivity index (χ0n) is 15.9. The number of ether oxygens (including phenoxy) is 2. The average Bonchev–Trinajstić information content (AvgIpc) is 2.59. The molecule has 25 heavy (non-hydrogen) atoms. The molecule has 4 heteroatoms. The van der Waals surface area contributed by atoms with Crippen LogP contribution in [0.3, 0.4) is 0 Å². The van der Waals surface area contributed by atoms with Gasteiger partial charge in [0, 0.05) is 17.4 Å². The summed E-state index contributed by atoms with van der Waals surface area (Å²) in [5.41, 5.74) is 1.22. The van der Waals surface area contributed by atoms with Gasteiger partial charge < -0.3 is 14.8 Å². The van der Waals surface area contributed by atoms with E-state index in [0.717, 1.165) is 12.8 Å². The van der Waals surface area contributed by atoms with Crippen molar-refractivity contribution in [3.05, 3.63) is 24.3 Å². The van der Waals surface area contributed by atoms with Crippen LogP contribution in [0.2, 0.25) is 0 Å². The Bertz CT molecular complexity index is 537. The first kappa shape index (κ1) is 18.5. The molecule has 0 aromatic rings. The number of nitrogens with one attached hydrogen (secondary N) is 1. The fourth-order valence-electron chi connectivity index (χ4n) is 5.17. The molecule has 1 heterocycles. The third-order valence-electron chi connectivity index (χ3n) is 6.92. The Balaban J connectivity index is 1.66. The zero-order chi connectivity index (χ0) is 18.0. The Kier molecular flexibility index (Phi) is 5.57. The van der Waals surface area contributed by atoms with Gasteiger partial charge in [-0.2, -0.15) is 0 Å². The van der Waals surface area contributed by atoms with Gasteiger partial charge in [-0.05, 0) is 31.6 Å². The van der Waals surface area contributed by atoms with Gasteiger partial charge >= 0.3 is 6.09 Å². The van der Waals surface area contributed by atoms with Crippen molar-refractivity contribution in [3.63, 3.8) is 0 Å². The molecule has 2 aliphatic carbocycles. The standard InChI is InChI=1S/C21H33NO3/c1-5-18-19-14(2)11-15(3)21(12-24-18,16(19)4)13-25-20(23)22-17-9-7-6-8-10-17/h5,11,15-19H,1,6-10,12-13H2,2-4H3,(H,22,23)/t15-,16-,18-,19+,21-/m1/s1. The highest BCUT2D eigenvalue weighted by Gasteiger charge is 2.53. The van der Waals surface area contributed by atoms with Crippen LogP contribution in [-0.2, 0) is 9.47 Å². The number of hydrogen-bond acceptors (Lipinski definition) is 3. The number of alkyl carbamates (subject to hydrolysis) is 1. The van der Waals surface area contributed by atoms with E-state index in [2.05, 4.69) is 38.7 Å². The van der Waals surface area contributed by atoms with E-state index in [9.17, 15) is 4.79 Å². The van der Waals surface area contributed by atoms with Crippen molar-refractivity contribution in [2.24, 2.45) is 23.2 Å². The minimum atomic E-state index is -0.269. The molecular weight excluding hydrogens is 314 g/mol. The SMILES string of the molecule is C=C[C@H]1OC[C@@]2(COC(=O)NC3CCCCC3)[C@H](C)C=C(C)[C@H]1[C@H]2C. The second-order valence-corrected chi connectivity index (χ2v) is 8.31. The predicted octanol–water partition coefficient (Wildman–Crippen LogP) is 4.46. The third-order valence-corrected chi connectivity index (χ3v) is 6.92. The summed E-state index contributed by atoms with van der Waals surface area (Å²) in [6, 6.07) is 0.280. The number of allylic oxidation sites excluding steroid dienone is 1. The van der Waals surface area contributed by atoms with E-state index < -0.39 is 0 Å². The molecule has 1 amide bonds. The van der Waals surface area contributed by atoms with Gasteiger partial charge in [-0.1, -0.05) is 50.8 Å². The summed E-state index contributed by atoms with van der Waals surface area (Å²) >= 11 is 0. The molecule has 0 aromatic carbocycles. The van der Waals surface area contributed by atoms with E-state index in [4.69, 9.17) is 9.47 Å². The highest BCUT2D eigenvalue weighted by atomic mass is 16.6. The average molecular weight is 347 g/mol. The van der Waals surface area contributed by atoms with Gasteiger partial charge in [0.1, 0.15) is 6.61 Å². The molecule has 2 fully saturated rings. The van der Waals surface area contributed by atoms with Gasteiger partial charge in [0.25, 0.3) is 0 Å². The Labute approximate surface area is 152 Å². The number of fused-ring (bicyclic) bond motifs is 2. The minimum Gasteiger partial charge on any atom is -0.449 e. The fourth-order valence-corrected chi connectivity index (χ4v) is 5.17. The van der Waals surface area contributed by atoms with Crippen molar-refractivity contribution in [1.29, 1.82) is 0 Å². The van der Waals surface area contributed by atoms with Gasteiger partial charge in [-0.3, -0.25) is 0 Å². The van der Waals surface area contributed by atoms with Crippen molar-refractivity contribution in [3.8, 4) is 0 Å². The van der Waals surface area contributed by atoms with Crippen LogP contribution in [0.4, 0.5) is 4.79 Å². The van der Waals surface area contributed by atoms with E-state index >= 15 is 0 Å². The lowest BCUT2D eigenvalue weighted by Gasteiger charge is -2.54. The van der Waals surface area contributed by atoms with Crippen LogP contribution in [0.1, 0.15) is 52.9 Å². The van der Waals surface area contributed by atoms with Gasteiger partial charge in [0.05, 0.1) is 12.7 Å². The summed E-state index contributed by atoms with van der Waals surface area (Å²) in [6.07, 6.45) is 9.86. The number of hydrogen-bond donors (Lipinski definition) is 1. The molecule has 1 saturated heterocycles. The van der Waals surface area contributed by atoms with Crippen LogP contribution in [-0.4, -0.2) is 31.5 Å². The molecule has 0 aromatic heterocycles. The van der Waals surface area contributed by atoms with Crippen molar-refractivity contribution in [2.75, 3.05) is 13.2 Å². The smallest absolute Gasteiger partial charge is 0.407 e. The van der Waals surface area contributed by atoms with E-state index in [1.54, 1.807) is 0 Å². The third kappa shape index (κ3) is 3.51. The van der Waals surface area contributed by atoms with Gasteiger partial charge in [0.2, 0.25) is 0 Å². The molecule has 0 spiro atoms. The van der Waals surface area contributed by atoms with Gasteiger partial charge in [-0.25, -0.2) is 4.79 Å². The second kappa shape index (κ2) is 7.53. The Morgan fingerprint density at radius 3 is 2.80 bits per heavy atom. The highest BCUT2D eigenvalue weighted by Crippen LogP contribution is 2.52. The Morgan fingerprint density at radius 1 is 1.40 bits per heavy atom. The summed E-state index contributed by atoms with van der Waals surface area (Å²) < 4.78 is 11.8. The first-order valence-electron chi connectivity index (χ1n) is 9.83. The van der Waals surface area contributed by atoms with Crippen LogP contribution in [0.25, 0.3) is 0 Å². The van der Waals surface area contributed by atoms with Crippen LogP contribution in [0.5, 0.6) is 0 Å². The zero-order valence-corrected chi connectivity index (χ0v) is 15.9. The molecule has 140 valence electrons. The molecule has 4 nitrogen and oxygen atoms in total. The van der Waals surface area contributed by atoms with Crippen LogP contribution in [0.15, 0.2) is 24.3 Å². The van der Waals surface area contributed by atoms with Crippen LogP contribution in [0, 0.1) is 23.2 Å². The summed E-state index contributed by atoms with van der Waals surface area (Å²) in [5.74, 6) is 1.05. The summed E-state index contributed by atoms with van der Waals surface area (Å²) in [4.78, 5) is 12.3. The van der Waals surface area contributed by atoms with Crippen molar-refractivity contribution >= 4 is 6.09 Å². The molecule has 1 saturated carbocycles. The fraction of sp³-hybridized carbons (Fsp3) is 0.762. The Morgan fingerprint density at radius 2 is 2.12 bits per heavy atom. The molecule has 3 rings (SSSR count). The predicted molar refractivity (Wildman–Crippen MR) is 99.3 cm³/mol. The maximum absolute atomic E-state index is 12.3. The molecule has 1 N–H and O–H groups in total. The van der Waals surface area contributed by atoms with Crippen LogP contribution >= 0.6 is 0 Å². The molecular formula is C21H33NO3. The molecule has 0 unspecified atom stereocenters. The molecule has 3 aliphatic rings. The van der Waals surface area contributed by atoms with E-state index in [0.29, 0.717) is 31.0 Å². The van der Waals surface area contributed by atoms with Gasteiger partial charge in [0.15, 0.2) is 0 Å². The highest BCUT2D eigenvalue weighted by molar-refractivity contribution is 5.67. The first-order valence-corrected chi connectivity index (χ1v) is 9.83. The lowest BCUT2D eigenvalue weighted by Crippen LogP contribution is -2.56. The molecule has 5 atom stereocenters. The maximum Gasteiger partial charge on any atom is 0.407 e. The number of amides is 1. The van der Waals surface area contributed by atoms with Crippen molar-refractivity contribution in [1.82, 2.24) is 5.32 Å². The summed E-state index contributed by atoms with van der Waals surface area (Å²) in [7, 11) is 0. The number of carbonyl (C=O) groups is 1. The monoisotopic (exact) mass is 347 g/mol. The molecule has 2 bridgehead atoms. The lowest BCUT2D eigenvalue weighted by atomic mass is 9.56. The summed E-state index contributed by atoms with van der Waals surface area (Å²) in [5, 5.41) is 3.05. The summed E-state index contributed by atoms with van der Waals surface area (Å²) in [6.45, 7) is 11.6.